The normalized spacial score (nSPS) is 15.3. The van der Waals surface area contributed by atoms with Gasteiger partial charge in [-0.15, -0.1) is 10.2 Å². The number of halogens is 1. The number of rotatable bonds is 6. The zero-order valence-corrected chi connectivity index (χ0v) is 20.0. The van der Waals surface area contributed by atoms with Crippen molar-refractivity contribution in [3.8, 4) is 10.6 Å². The number of carbonyl (C=O) groups excluding carboxylic acids is 2. The van der Waals surface area contributed by atoms with Crippen molar-refractivity contribution in [2.75, 3.05) is 30.9 Å². The maximum absolute atomic E-state index is 13.0. The maximum Gasteiger partial charge on any atom is 0.270 e. The quantitative estimate of drug-likeness (QED) is 0.399. The highest BCUT2D eigenvalue weighted by molar-refractivity contribution is 7.18. The summed E-state index contributed by atoms with van der Waals surface area (Å²) in [4.78, 5) is 39.8. The third-order valence-corrected chi connectivity index (χ3v) is 6.70. The Morgan fingerprint density at radius 3 is 2.59 bits per heavy atom. The lowest BCUT2D eigenvalue weighted by Gasteiger charge is -2.24. The Morgan fingerprint density at radius 2 is 1.94 bits per heavy atom. The zero-order valence-electron chi connectivity index (χ0n) is 18.4. The van der Waals surface area contributed by atoms with Crippen molar-refractivity contribution in [3.05, 3.63) is 63.2 Å². The second kappa shape index (κ2) is 9.74. The lowest BCUT2D eigenvalue weighted by Crippen LogP contribution is -2.43. The molecule has 0 saturated carbocycles. The molecule has 3 aromatic rings. The smallest absolute Gasteiger partial charge is 0.270 e. The number of non-ortho nitro benzene ring substituents is 1. The van der Waals surface area contributed by atoms with Crippen molar-refractivity contribution < 1.29 is 14.5 Å². The molecule has 1 aliphatic heterocycles. The highest BCUT2D eigenvalue weighted by Crippen LogP contribution is 2.30. The van der Waals surface area contributed by atoms with Crippen LogP contribution >= 0.6 is 22.9 Å². The Labute approximate surface area is 204 Å². The molecule has 0 radical (unpaired) electrons. The summed E-state index contributed by atoms with van der Waals surface area (Å²) < 4.78 is 0. The molecule has 0 spiro atoms. The van der Waals surface area contributed by atoms with Gasteiger partial charge in [-0.2, -0.15) is 0 Å². The van der Waals surface area contributed by atoms with Gasteiger partial charge >= 0.3 is 0 Å². The van der Waals surface area contributed by atoms with Gasteiger partial charge < -0.3 is 9.80 Å². The molecule has 1 atom stereocenters. The Kier molecular flexibility index (Phi) is 6.75. The van der Waals surface area contributed by atoms with Gasteiger partial charge in [0, 0.05) is 44.0 Å². The first-order valence-electron chi connectivity index (χ1n) is 10.4. The van der Waals surface area contributed by atoms with Gasteiger partial charge in [0.2, 0.25) is 11.0 Å². The van der Waals surface area contributed by atoms with Gasteiger partial charge in [-0.3, -0.25) is 25.0 Å². The molecule has 1 aromatic heterocycles. The van der Waals surface area contributed by atoms with E-state index in [1.54, 1.807) is 0 Å². The van der Waals surface area contributed by atoms with Crippen molar-refractivity contribution in [1.82, 2.24) is 15.1 Å². The Balaban J connectivity index is 1.46. The molecule has 0 bridgehead atoms. The molecule has 2 heterocycles. The van der Waals surface area contributed by atoms with Gasteiger partial charge in [-0.1, -0.05) is 22.9 Å². The molecule has 34 heavy (non-hydrogen) atoms. The topological polar surface area (TPSA) is 122 Å². The third kappa shape index (κ3) is 4.85. The van der Waals surface area contributed by atoms with E-state index < -0.39 is 16.9 Å². The largest absolute Gasteiger partial charge is 0.378 e. The molecular weight excluding hydrogens is 480 g/mol. The first-order valence-corrected chi connectivity index (χ1v) is 11.6. The monoisotopic (exact) mass is 500 g/mol. The van der Waals surface area contributed by atoms with E-state index in [0.29, 0.717) is 29.5 Å². The van der Waals surface area contributed by atoms with E-state index >= 15 is 0 Å². The number of nitrogens with one attached hydrogen (secondary N) is 1. The summed E-state index contributed by atoms with van der Waals surface area (Å²) >= 11 is 7.36. The van der Waals surface area contributed by atoms with Crippen molar-refractivity contribution in [2.24, 2.45) is 0 Å². The average molecular weight is 501 g/mol. The van der Waals surface area contributed by atoms with Crippen LogP contribution in [0.15, 0.2) is 42.5 Å². The number of benzene rings is 2. The highest BCUT2D eigenvalue weighted by Gasteiger charge is 2.36. The summed E-state index contributed by atoms with van der Waals surface area (Å²) in [6.07, 6.45) is 1.13. The lowest BCUT2D eigenvalue weighted by atomic mass is 10.1. The molecule has 0 aliphatic carbocycles. The highest BCUT2D eigenvalue weighted by atomic mass is 35.5. The van der Waals surface area contributed by atoms with E-state index in [9.17, 15) is 19.7 Å². The van der Waals surface area contributed by atoms with Crippen LogP contribution in [0.2, 0.25) is 5.02 Å². The number of amides is 2. The minimum atomic E-state index is -0.703. The standard InChI is InChI=1S/C22H21ClN6O4S/c1-27(2)14-7-5-13(6-8-14)20-25-26-22(34-20)24-19(30)18-4-3-11-28(18)21(31)16-10-9-15(29(32)33)12-17(16)23/h5-10,12,18H,3-4,11H2,1-2H3,(H,24,26,30)/t18-/m0/s1. The van der Waals surface area contributed by atoms with Gasteiger partial charge in [0.1, 0.15) is 11.0 Å². The van der Waals surface area contributed by atoms with Crippen LogP contribution in [0.5, 0.6) is 0 Å². The van der Waals surface area contributed by atoms with Gasteiger partial charge in [-0.05, 0) is 43.2 Å². The number of aromatic nitrogens is 2. The predicted octanol–water partition coefficient (Wildman–Crippen LogP) is 4.08. The van der Waals surface area contributed by atoms with Crippen LogP contribution in [-0.2, 0) is 4.79 Å². The average Bonchev–Trinajstić information content (AvgIpc) is 3.48. The summed E-state index contributed by atoms with van der Waals surface area (Å²) in [5.74, 6) is -0.814. The van der Waals surface area contributed by atoms with E-state index in [4.69, 9.17) is 11.6 Å². The van der Waals surface area contributed by atoms with Crippen LogP contribution in [0.3, 0.4) is 0 Å². The van der Waals surface area contributed by atoms with E-state index in [1.807, 2.05) is 43.3 Å². The molecule has 1 saturated heterocycles. The summed E-state index contributed by atoms with van der Waals surface area (Å²) in [6.45, 7) is 0.379. The minimum absolute atomic E-state index is 0.0284. The van der Waals surface area contributed by atoms with Crippen LogP contribution in [0, 0.1) is 10.1 Å². The molecule has 176 valence electrons. The molecule has 4 rings (SSSR count). The van der Waals surface area contributed by atoms with Gasteiger partial charge in [0.15, 0.2) is 0 Å². The Morgan fingerprint density at radius 1 is 1.21 bits per heavy atom. The van der Waals surface area contributed by atoms with E-state index in [2.05, 4.69) is 15.5 Å². The first-order chi connectivity index (χ1) is 16.2. The van der Waals surface area contributed by atoms with Crippen LogP contribution < -0.4 is 10.2 Å². The van der Waals surface area contributed by atoms with Crippen molar-refractivity contribution >= 4 is 51.3 Å². The summed E-state index contributed by atoms with van der Waals surface area (Å²) in [5.41, 5.74) is 1.85. The number of nitro groups is 1. The van der Waals surface area contributed by atoms with Crippen molar-refractivity contribution in [3.63, 3.8) is 0 Å². The number of anilines is 2. The van der Waals surface area contributed by atoms with E-state index in [1.165, 1.54) is 28.4 Å². The third-order valence-electron chi connectivity index (χ3n) is 5.50. The van der Waals surface area contributed by atoms with E-state index in [-0.39, 0.29) is 22.2 Å². The van der Waals surface area contributed by atoms with Crippen LogP contribution in [-0.4, -0.2) is 58.5 Å². The molecule has 2 aromatic carbocycles. The van der Waals surface area contributed by atoms with Gasteiger partial charge in [-0.25, -0.2) is 0 Å². The van der Waals surface area contributed by atoms with Crippen LogP contribution in [0.4, 0.5) is 16.5 Å². The number of carbonyl (C=O) groups is 2. The number of nitro benzene ring substituents is 1. The fourth-order valence-corrected chi connectivity index (χ4v) is 4.72. The maximum atomic E-state index is 13.0. The number of hydrogen-bond donors (Lipinski definition) is 1. The van der Waals surface area contributed by atoms with Crippen molar-refractivity contribution in [2.45, 2.75) is 18.9 Å². The summed E-state index contributed by atoms with van der Waals surface area (Å²) in [7, 11) is 3.92. The number of nitrogens with zero attached hydrogens (tertiary/aromatic N) is 5. The lowest BCUT2D eigenvalue weighted by molar-refractivity contribution is -0.384. The Bertz CT molecular complexity index is 1250. The number of likely N-dealkylation sites (tertiary alicyclic amines) is 1. The predicted molar refractivity (Wildman–Crippen MR) is 130 cm³/mol. The number of hydrogen-bond acceptors (Lipinski definition) is 8. The summed E-state index contributed by atoms with van der Waals surface area (Å²) in [5, 5.41) is 22.9. The van der Waals surface area contributed by atoms with Crippen LogP contribution in [0.1, 0.15) is 23.2 Å². The fraction of sp³-hybridized carbons (Fsp3) is 0.273. The molecule has 2 amide bonds. The molecule has 12 heteroatoms. The molecule has 1 fully saturated rings. The summed E-state index contributed by atoms with van der Waals surface area (Å²) in [6, 6.07) is 10.8. The van der Waals surface area contributed by atoms with Gasteiger partial charge in [0.05, 0.1) is 15.5 Å². The van der Waals surface area contributed by atoms with Gasteiger partial charge in [0.25, 0.3) is 11.6 Å². The Hall–Kier alpha value is -3.57. The molecule has 0 unspecified atom stereocenters. The first kappa shape index (κ1) is 23.6. The SMILES string of the molecule is CN(C)c1ccc(-c2nnc(NC(=O)[C@@H]3CCCN3C(=O)c3ccc([N+](=O)[O-])cc3Cl)s2)cc1. The van der Waals surface area contributed by atoms with Crippen LogP contribution in [0.25, 0.3) is 10.6 Å². The molecule has 1 aliphatic rings. The molecule has 1 N–H and O–H groups in total. The van der Waals surface area contributed by atoms with E-state index in [0.717, 1.165) is 17.3 Å². The zero-order chi connectivity index (χ0) is 24.4. The van der Waals surface area contributed by atoms with Crippen molar-refractivity contribution in [1.29, 1.82) is 0 Å². The molecule has 10 nitrogen and oxygen atoms in total. The second-order valence-corrected chi connectivity index (χ2v) is 9.31. The second-order valence-electron chi connectivity index (χ2n) is 7.92. The minimum Gasteiger partial charge on any atom is -0.378 e. The molecular formula is C22H21ClN6O4S. The fourth-order valence-electron chi connectivity index (χ4n) is 3.71.